The third-order valence-electron chi connectivity index (χ3n) is 2.14. The first-order valence-corrected chi connectivity index (χ1v) is 5.33. The van der Waals surface area contributed by atoms with Crippen LogP contribution in [0, 0.1) is 0 Å². The standard InChI is InChI=1S/C10H19NO3/c1-2-5-11-6-8-14-10(12)9-4-3-7-13-9/h9,11H,2-8H2,1H3. The van der Waals surface area contributed by atoms with Gasteiger partial charge in [0.25, 0.3) is 0 Å². The SMILES string of the molecule is CCCNCCOC(=O)C1CCCO1. The third-order valence-corrected chi connectivity index (χ3v) is 2.14. The minimum Gasteiger partial charge on any atom is -0.462 e. The molecular formula is C10H19NO3. The molecule has 0 aliphatic carbocycles. The highest BCUT2D eigenvalue weighted by atomic mass is 16.6. The third kappa shape index (κ3) is 4.07. The second-order valence-corrected chi connectivity index (χ2v) is 3.42. The fraction of sp³-hybridized carbons (Fsp3) is 0.900. The molecule has 4 nitrogen and oxygen atoms in total. The normalized spacial score (nSPS) is 21.1. The van der Waals surface area contributed by atoms with E-state index >= 15 is 0 Å². The average Bonchev–Trinajstić information content (AvgIpc) is 2.70. The molecule has 1 aliphatic heterocycles. The number of esters is 1. The van der Waals surface area contributed by atoms with Gasteiger partial charge in [0.1, 0.15) is 6.61 Å². The molecule has 0 radical (unpaired) electrons. The summed E-state index contributed by atoms with van der Waals surface area (Å²) in [7, 11) is 0. The Balaban J connectivity index is 1.97. The summed E-state index contributed by atoms with van der Waals surface area (Å²) < 4.78 is 10.2. The molecule has 0 saturated carbocycles. The Morgan fingerprint density at radius 3 is 3.07 bits per heavy atom. The van der Waals surface area contributed by atoms with Crippen LogP contribution in [-0.4, -0.2) is 38.4 Å². The Bertz CT molecular complexity index is 167. The predicted octanol–water partition coefficient (Wildman–Crippen LogP) is 0.708. The highest BCUT2D eigenvalue weighted by molar-refractivity contribution is 5.74. The highest BCUT2D eigenvalue weighted by Crippen LogP contribution is 2.12. The van der Waals surface area contributed by atoms with E-state index < -0.39 is 0 Å². The van der Waals surface area contributed by atoms with E-state index in [1.165, 1.54) is 0 Å². The van der Waals surface area contributed by atoms with Crippen LogP contribution in [0.1, 0.15) is 26.2 Å². The summed E-state index contributed by atoms with van der Waals surface area (Å²) in [6.07, 6.45) is 2.57. The minimum absolute atomic E-state index is 0.208. The molecule has 1 fully saturated rings. The molecule has 1 atom stereocenters. The fourth-order valence-corrected chi connectivity index (χ4v) is 1.38. The molecule has 1 rings (SSSR count). The van der Waals surface area contributed by atoms with Crippen molar-refractivity contribution in [2.75, 3.05) is 26.3 Å². The first-order valence-electron chi connectivity index (χ1n) is 5.33. The maximum Gasteiger partial charge on any atom is 0.335 e. The first kappa shape index (κ1) is 11.5. The van der Waals surface area contributed by atoms with E-state index in [4.69, 9.17) is 9.47 Å². The van der Waals surface area contributed by atoms with Gasteiger partial charge in [0, 0.05) is 13.2 Å². The topological polar surface area (TPSA) is 47.6 Å². The van der Waals surface area contributed by atoms with Gasteiger partial charge in [-0.05, 0) is 25.8 Å². The van der Waals surface area contributed by atoms with Crippen molar-refractivity contribution in [1.82, 2.24) is 5.32 Å². The molecule has 82 valence electrons. The molecule has 0 aromatic carbocycles. The van der Waals surface area contributed by atoms with E-state index in [-0.39, 0.29) is 12.1 Å². The van der Waals surface area contributed by atoms with Crippen molar-refractivity contribution in [3.05, 3.63) is 0 Å². The van der Waals surface area contributed by atoms with Crippen molar-refractivity contribution in [3.8, 4) is 0 Å². The molecule has 1 aliphatic rings. The summed E-state index contributed by atoms with van der Waals surface area (Å²) in [5, 5.41) is 3.16. The van der Waals surface area contributed by atoms with Crippen LogP contribution in [0.2, 0.25) is 0 Å². The number of carbonyl (C=O) groups excluding carboxylic acids is 1. The summed E-state index contributed by atoms with van der Waals surface area (Å²) in [4.78, 5) is 11.3. The number of hydrogen-bond donors (Lipinski definition) is 1. The van der Waals surface area contributed by atoms with E-state index in [2.05, 4.69) is 12.2 Å². The predicted molar refractivity (Wildman–Crippen MR) is 53.1 cm³/mol. The zero-order chi connectivity index (χ0) is 10.2. The molecule has 4 heteroatoms. The van der Waals surface area contributed by atoms with Crippen molar-refractivity contribution in [3.63, 3.8) is 0 Å². The zero-order valence-electron chi connectivity index (χ0n) is 8.75. The van der Waals surface area contributed by atoms with Gasteiger partial charge in [-0.15, -0.1) is 0 Å². The van der Waals surface area contributed by atoms with Crippen LogP contribution in [-0.2, 0) is 14.3 Å². The quantitative estimate of drug-likeness (QED) is 0.508. The highest BCUT2D eigenvalue weighted by Gasteiger charge is 2.24. The van der Waals surface area contributed by atoms with Gasteiger partial charge >= 0.3 is 5.97 Å². The Kier molecular flexibility index (Phi) is 5.56. The Morgan fingerprint density at radius 2 is 2.43 bits per heavy atom. The molecule has 0 spiro atoms. The van der Waals surface area contributed by atoms with Gasteiger partial charge < -0.3 is 14.8 Å². The number of nitrogens with one attached hydrogen (secondary N) is 1. The molecule has 1 saturated heterocycles. The van der Waals surface area contributed by atoms with E-state index in [0.29, 0.717) is 13.2 Å². The van der Waals surface area contributed by atoms with Crippen molar-refractivity contribution < 1.29 is 14.3 Å². The molecule has 1 N–H and O–H groups in total. The zero-order valence-corrected chi connectivity index (χ0v) is 8.75. The number of carbonyl (C=O) groups is 1. The van der Waals surface area contributed by atoms with Gasteiger partial charge in [0.05, 0.1) is 0 Å². The van der Waals surface area contributed by atoms with Crippen molar-refractivity contribution in [2.24, 2.45) is 0 Å². The molecule has 0 amide bonds. The summed E-state index contributed by atoms with van der Waals surface area (Å²) in [6, 6.07) is 0. The van der Waals surface area contributed by atoms with Crippen LogP contribution in [0.4, 0.5) is 0 Å². The first-order chi connectivity index (χ1) is 6.84. The van der Waals surface area contributed by atoms with E-state index in [1.54, 1.807) is 0 Å². The Hall–Kier alpha value is -0.610. The lowest BCUT2D eigenvalue weighted by Gasteiger charge is -2.09. The largest absolute Gasteiger partial charge is 0.462 e. The average molecular weight is 201 g/mol. The van der Waals surface area contributed by atoms with Crippen molar-refractivity contribution >= 4 is 5.97 Å². The lowest BCUT2D eigenvalue weighted by atomic mass is 10.2. The van der Waals surface area contributed by atoms with Crippen molar-refractivity contribution in [1.29, 1.82) is 0 Å². The monoisotopic (exact) mass is 201 g/mol. The molecule has 0 bridgehead atoms. The molecular weight excluding hydrogens is 182 g/mol. The molecule has 14 heavy (non-hydrogen) atoms. The van der Waals surface area contributed by atoms with E-state index in [9.17, 15) is 4.79 Å². The smallest absolute Gasteiger partial charge is 0.335 e. The number of ether oxygens (including phenoxy) is 2. The summed E-state index contributed by atoms with van der Waals surface area (Å²) in [6.45, 7) is 4.93. The second kappa shape index (κ2) is 6.79. The van der Waals surface area contributed by atoms with Crippen molar-refractivity contribution in [2.45, 2.75) is 32.3 Å². The van der Waals surface area contributed by atoms with E-state index in [0.717, 1.165) is 32.4 Å². The second-order valence-electron chi connectivity index (χ2n) is 3.42. The molecule has 1 unspecified atom stereocenters. The Labute approximate surface area is 85.0 Å². The van der Waals surface area contributed by atoms with Crippen LogP contribution in [0.15, 0.2) is 0 Å². The van der Waals surface area contributed by atoms with Crippen LogP contribution in [0.25, 0.3) is 0 Å². The summed E-state index contributed by atoms with van der Waals surface area (Å²) >= 11 is 0. The van der Waals surface area contributed by atoms with Crippen LogP contribution < -0.4 is 5.32 Å². The van der Waals surface area contributed by atoms with Gasteiger partial charge in [-0.3, -0.25) is 0 Å². The molecule has 0 aromatic heterocycles. The number of rotatable bonds is 6. The molecule has 1 heterocycles. The van der Waals surface area contributed by atoms with Gasteiger partial charge in [0.15, 0.2) is 6.10 Å². The van der Waals surface area contributed by atoms with Crippen LogP contribution >= 0.6 is 0 Å². The number of hydrogen-bond acceptors (Lipinski definition) is 4. The summed E-state index contributed by atoms with van der Waals surface area (Å²) in [5.41, 5.74) is 0. The lowest BCUT2D eigenvalue weighted by molar-refractivity contribution is -0.154. The maximum atomic E-state index is 11.3. The Morgan fingerprint density at radius 1 is 1.57 bits per heavy atom. The fourth-order valence-electron chi connectivity index (χ4n) is 1.38. The minimum atomic E-state index is -0.304. The maximum absolute atomic E-state index is 11.3. The molecule has 0 aromatic rings. The van der Waals surface area contributed by atoms with Gasteiger partial charge in [-0.25, -0.2) is 4.79 Å². The van der Waals surface area contributed by atoms with E-state index in [1.807, 2.05) is 0 Å². The van der Waals surface area contributed by atoms with Gasteiger partial charge in [-0.2, -0.15) is 0 Å². The van der Waals surface area contributed by atoms with Crippen LogP contribution in [0.3, 0.4) is 0 Å². The summed E-state index contributed by atoms with van der Waals surface area (Å²) in [5.74, 6) is -0.208. The van der Waals surface area contributed by atoms with Gasteiger partial charge in [-0.1, -0.05) is 6.92 Å². The lowest BCUT2D eigenvalue weighted by Crippen LogP contribution is -2.27. The van der Waals surface area contributed by atoms with Gasteiger partial charge in [0.2, 0.25) is 0 Å². The van der Waals surface area contributed by atoms with Crippen LogP contribution in [0.5, 0.6) is 0 Å².